The summed E-state index contributed by atoms with van der Waals surface area (Å²) in [5.41, 5.74) is 7.11. The number of rotatable bonds is 7. The zero-order valence-electron chi connectivity index (χ0n) is 9.67. The van der Waals surface area contributed by atoms with Crippen LogP contribution in [-0.2, 0) is 4.79 Å². The van der Waals surface area contributed by atoms with Gasteiger partial charge >= 0.3 is 5.97 Å². The number of aliphatic hydroxyl groups excluding tert-OH is 1. The monoisotopic (exact) mass is 238 g/mol. The van der Waals surface area contributed by atoms with E-state index in [0.717, 1.165) is 12.1 Å². The second-order valence-electron chi connectivity index (χ2n) is 3.80. The van der Waals surface area contributed by atoms with E-state index in [2.05, 4.69) is 0 Å². The minimum Gasteiger partial charge on any atom is -0.480 e. The molecule has 0 aromatic heterocycles. The zero-order chi connectivity index (χ0) is 12.7. The molecule has 17 heavy (non-hydrogen) atoms. The van der Waals surface area contributed by atoms with Crippen LogP contribution >= 0.6 is 0 Å². The van der Waals surface area contributed by atoms with Crippen LogP contribution in [-0.4, -0.2) is 35.9 Å². The van der Waals surface area contributed by atoms with Crippen molar-refractivity contribution in [1.82, 2.24) is 0 Å². The molecule has 0 saturated heterocycles. The van der Waals surface area contributed by atoms with Crippen molar-refractivity contribution in [2.45, 2.75) is 12.8 Å². The van der Waals surface area contributed by atoms with Gasteiger partial charge in [-0.1, -0.05) is 12.1 Å². The molecule has 0 fully saturated rings. The van der Waals surface area contributed by atoms with Gasteiger partial charge in [0.1, 0.15) is 6.54 Å². The van der Waals surface area contributed by atoms with Gasteiger partial charge in [0.25, 0.3) is 0 Å². The molecular weight excluding hydrogens is 220 g/mol. The molecule has 94 valence electrons. The minimum absolute atomic E-state index is 0.0837. The van der Waals surface area contributed by atoms with Gasteiger partial charge in [-0.25, -0.2) is 0 Å². The summed E-state index contributed by atoms with van der Waals surface area (Å²) < 4.78 is 0. The summed E-state index contributed by atoms with van der Waals surface area (Å²) in [6.45, 7) is 0.603. The van der Waals surface area contributed by atoms with Crippen molar-refractivity contribution in [2.24, 2.45) is 0 Å². The molecule has 0 aliphatic rings. The largest absolute Gasteiger partial charge is 0.480 e. The van der Waals surface area contributed by atoms with Gasteiger partial charge < -0.3 is 20.8 Å². The Balaban J connectivity index is 2.75. The van der Waals surface area contributed by atoms with Crippen LogP contribution in [0.25, 0.3) is 0 Å². The van der Waals surface area contributed by atoms with Crippen LogP contribution in [0.5, 0.6) is 0 Å². The Morgan fingerprint density at radius 2 is 2.00 bits per heavy atom. The first-order chi connectivity index (χ1) is 8.15. The number of carbonyl (C=O) groups is 1. The third-order valence-corrected chi connectivity index (χ3v) is 2.44. The van der Waals surface area contributed by atoms with Crippen molar-refractivity contribution >= 4 is 17.3 Å². The van der Waals surface area contributed by atoms with Gasteiger partial charge in [0.15, 0.2) is 0 Å². The van der Waals surface area contributed by atoms with Crippen molar-refractivity contribution in [1.29, 1.82) is 0 Å². The van der Waals surface area contributed by atoms with Gasteiger partial charge in [-0.2, -0.15) is 0 Å². The molecule has 1 aromatic rings. The van der Waals surface area contributed by atoms with E-state index in [-0.39, 0.29) is 13.2 Å². The molecule has 0 radical (unpaired) electrons. The fourth-order valence-corrected chi connectivity index (χ4v) is 1.64. The molecule has 1 rings (SSSR count). The third-order valence-electron chi connectivity index (χ3n) is 2.44. The lowest BCUT2D eigenvalue weighted by atomic mass is 10.2. The van der Waals surface area contributed by atoms with Gasteiger partial charge in [-0.05, 0) is 25.0 Å². The Morgan fingerprint density at radius 3 is 2.59 bits per heavy atom. The van der Waals surface area contributed by atoms with E-state index in [1.54, 1.807) is 17.0 Å². The second-order valence-corrected chi connectivity index (χ2v) is 3.80. The first-order valence-corrected chi connectivity index (χ1v) is 5.57. The van der Waals surface area contributed by atoms with E-state index in [4.69, 9.17) is 15.9 Å². The molecule has 0 spiro atoms. The van der Waals surface area contributed by atoms with Crippen LogP contribution in [0.15, 0.2) is 24.3 Å². The Kier molecular flexibility index (Phi) is 5.29. The number of unbranched alkanes of at least 4 members (excludes halogenated alkanes) is 1. The number of benzene rings is 1. The number of carboxylic acid groups (broad SMARTS) is 1. The van der Waals surface area contributed by atoms with Crippen molar-refractivity contribution in [3.63, 3.8) is 0 Å². The number of aliphatic carboxylic acids is 1. The van der Waals surface area contributed by atoms with Gasteiger partial charge in [-0.15, -0.1) is 0 Å². The molecule has 4 N–H and O–H groups in total. The minimum atomic E-state index is -0.891. The Labute approximate surface area is 100 Å². The van der Waals surface area contributed by atoms with Crippen LogP contribution in [0.4, 0.5) is 11.4 Å². The number of para-hydroxylation sites is 2. The number of aliphatic hydroxyl groups is 1. The lowest BCUT2D eigenvalue weighted by Crippen LogP contribution is -2.31. The lowest BCUT2D eigenvalue weighted by molar-refractivity contribution is -0.135. The van der Waals surface area contributed by atoms with Crippen LogP contribution in [0.2, 0.25) is 0 Å². The van der Waals surface area contributed by atoms with Crippen LogP contribution in [0.3, 0.4) is 0 Å². The summed E-state index contributed by atoms with van der Waals surface area (Å²) in [6, 6.07) is 7.19. The molecule has 0 aliphatic carbocycles. The number of nitrogens with zero attached hydrogens (tertiary/aromatic N) is 1. The number of nitrogen functional groups attached to an aromatic ring is 1. The van der Waals surface area contributed by atoms with Gasteiger partial charge in [-0.3, -0.25) is 4.79 Å². The molecule has 0 saturated carbocycles. The van der Waals surface area contributed by atoms with E-state index < -0.39 is 5.97 Å². The molecule has 5 heteroatoms. The summed E-state index contributed by atoms with van der Waals surface area (Å²) in [5.74, 6) is -0.891. The van der Waals surface area contributed by atoms with Gasteiger partial charge in [0, 0.05) is 13.2 Å². The number of nitrogens with two attached hydrogens (primary N) is 1. The Bertz CT molecular complexity index is 369. The fourth-order valence-electron chi connectivity index (χ4n) is 1.64. The maximum atomic E-state index is 10.8. The molecule has 0 amide bonds. The quantitative estimate of drug-likeness (QED) is 0.486. The molecular formula is C12H18N2O3. The van der Waals surface area contributed by atoms with E-state index in [1.165, 1.54) is 0 Å². The van der Waals surface area contributed by atoms with E-state index in [1.807, 2.05) is 12.1 Å². The topological polar surface area (TPSA) is 86.8 Å². The van der Waals surface area contributed by atoms with Gasteiger partial charge in [0.05, 0.1) is 11.4 Å². The molecule has 0 atom stereocenters. The van der Waals surface area contributed by atoms with E-state index >= 15 is 0 Å². The SMILES string of the molecule is Nc1ccccc1N(CCCCO)CC(=O)O. The van der Waals surface area contributed by atoms with Crippen LogP contribution in [0.1, 0.15) is 12.8 Å². The first kappa shape index (κ1) is 13.3. The second kappa shape index (κ2) is 6.75. The Morgan fingerprint density at radius 1 is 1.29 bits per heavy atom. The number of carboxylic acids is 1. The normalized spacial score (nSPS) is 10.2. The van der Waals surface area contributed by atoms with Crippen LogP contribution < -0.4 is 10.6 Å². The highest BCUT2D eigenvalue weighted by molar-refractivity contribution is 5.77. The number of hydrogen-bond donors (Lipinski definition) is 3. The lowest BCUT2D eigenvalue weighted by Gasteiger charge is -2.24. The first-order valence-electron chi connectivity index (χ1n) is 5.57. The average molecular weight is 238 g/mol. The van der Waals surface area contributed by atoms with Gasteiger partial charge in [0.2, 0.25) is 0 Å². The molecule has 0 heterocycles. The molecule has 0 bridgehead atoms. The molecule has 0 aliphatic heterocycles. The predicted molar refractivity (Wildman–Crippen MR) is 67.0 cm³/mol. The highest BCUT2D eigenvalue weighted by atomic mass is 16.4. The van der Waals surface area contributed by atoms with Crippen molar-refractivity contribution in [3.05, 3.63) is 24.3 Å². The van der Waals surface area contributed by atoms with Crippen LogP contribution in [0, 0.1) is 0 Å². The Hall–Kier alpha value is -1.75. The number of hydrogen-bond acceptors (Lipinski definition) is 4. The fraction of sp³-hybridized carbons (Fsp3) is 0.417. The molecule has 5 nitrogen and oxygen atoms in total. The molecule has 0 unspecified atom stereocenters. The highest BCUT2D eigenvalue weighted by Crippen LogP contribution is 2.22. The smallest absolute Gasteiger partial charge is 0.323 e. The van der Waals surface area contributed by atoms with Crippen molar-refractivity contribution in [3.8, 4) is 0 Å². The summed E-state index contributed by atoms with van der Waals surface area (Å²) in [6.07, 6.45) is 1.39. The summed E-state index contributed by atoms with van der Waals surface area (Å²) in [4.78, 5) is 12.5. The average Bonchev–Trinajstić information content (AvgIpc) is 2.28. The van der Waals surface area contributed by atoms with E-state index in [9.17, 15) is 4.79 Å². The summed E-state index contributed by atoms with van der Waals surface area (Å²) >= 11 is 0. The zero-order valence-corrected chi connectivity index (χ0v) is 9.67. The third kappa shape index (κ3) is 4.32. The number of anilines is 2. The van der Waals surface area contributed by atoms with Crippen molar-refractivity contribution < 1.29 is 15.0 Å². The maximum absolute atomic E-state index is 10.8. The predicted octanol–water partition coefficient (Wildman–Crippen LogP) is 0.932. The standard InChI is InChI=1S/C12H18N2O3/c13-10-5-1-2-6-11(10)14(9-12(16)17)7-3-4-8-15/h1-2,5-6,15H,3-4,7-9,13H2,(H,16,17). The summed E-state index contributed by atoms with van der Waals surface area (Å²) in [5, 5.41) is 17.6. The molecule has 1 aromatic carbocycles. The highest BCUT2D eigenvalue weighted by Gasteiger charge is 2.12. The van der Waals surface area contributed by atoms with Crippen molar-refractivity contribution in [2.75, 3.05) is 30.3 Å². The maximum Gasteiger partial charge on any atom is 0.323 e. The summed E-state index contributed by atoms with van der Waals surface area (Å²) in [7, 11) is 0. The van der Waals surface area contributed by atoms with E-state index in [0.29, 0.717) is 18.7 Å².